The van der Waals surface area contributed by atoms with Gasteiger partial charge in [0.2, 0.25) is 5.91 Å². The van der Waals surface area contributed by atoms with E-state index in [9.17, 15) is 9.59 Å². The van der Waals surface area contributed by atoms with E-state index in [0.717, 1.165) is 16.8 Å². The minimum atomic E-state index is -0.575. The molecule has 0 saturated heterocycles. The van der Waals surface area contributed by atoms with Gasteiger partial charge >= 0.3 is 0 Å². The summed E-state index contributed by atoms with van der Waals surface area (Å²) in [6.07, 6.45) is 1.07. The molecule has 0 bridgehead atoms. The molecule has 2 amide bonds. The third-order valence-corrected chi connectivity index (χ3v) is 8.10. The highest BCUT2D eigenvalue weighted by Gasteiger charge is 2.31. The van der Waals surface area contributed by atoms with Crippen molar-refractivity contribution in [3.63, 3.8) is 0 Å². The molecule has 0 fully saturated rings. The Morgan fingerprint density at radius 2 is 1.76 bits per heavy atom. The highest BCUT2D eigenvalue weighted by atomic mass is 16.5. The molecule has 1 aliphatic heterocycles. The lowest BCUT2D eigenvalue weighted by Gasteiger charge is -2.22. The number of carbonyl (C=O) groups excluding carboxylic acids is 2. The number of aromatic nitrogens is 2. The van der Waals surface area contributed by atoms with Crippen LogP contribution in [0.3, 0.4) is 0 Å². The summed E-state index contributed by atoms with van der Waals surface area (Å²) in [7, 11) is 5.25. The monoisotopic (exact) mass is 626 g/mol. The van der Waals surface area contributed by atoms with Gasteiger partial charge in [-0.05, 0) is 54.8 Å². The number of amides is 2. The zero-order valence-corrected chi connectivity index (χ0v) is 26.6. The molecule has 5 rings (SSSR count). The smallest absolute Gasteiger partial charge is 0.254 e. The van der Waals surface area contributed by atoms with Crippen LogP contribution in [-0.4, -0.2) is 86.3 Å². The second-order valence-electron chi connectivity index (χ2n) is 11.3. The van der Waals surface area contributed by atoms with Crippen molar-refractivity contribution in [1.29, 1.82) is 0 Å². The van der Waals surface area contributed by atoms with Gasteiger partial charge in [-0.3, -0.25) is 14.6 Å². The average Bonchev–Trinajstić information content (AvgIpc) is 3.38. The van der Waals surface area contributed by atoms with E-state index in [2.05, 4.69) is 33.4 Å². The molecule has 0 spiro atoms. The van der Waals surface area contributed by atoms with Gasteiger partial charge in [0.05, 0.1) is 29.9 Å². The molecule has 3 aromatic carbocycles. The quantitative estimate of drug-likeness (QED) is 0.109. The maximum absolute atomic E-state index is 13.8. The summed E-state index contributed by atoms with van der Waals surface area (Å²) >= 11 is 0. The molecule has 1 unspecified atom stereocenters. The molecular weight excluding hydrogens is 584 g/mol. The fraction of sp³-hybridized carbons (Fsp3) is 0.353. The van der Waals surface area contributed by atoms with Crippen LogP contribution in [0, 0.1) is 0 Å². The topological polar surface area (TPSA) is 153 Å². The Morgan fingerprint density at radius 3 is 2.46 bits per heavy atom. The van der Waals surface area contributed by atoms with E-state index < -0.39 is 6.04 Å². The zero-order valence-electron chi connectivity index (χ0n) is 26.6. The lowest BCUT2D eigenvalue weighted by molar-refractivity contribution is -0.119. The van der Waals surface area contributed by atoms with Gasteiger partial charge in [0.1, 0.15) is 11.9 Å². The number of methoxy groups -OCH3 is 2. The number of fused-ring (bicyclic) bond motifs is 5. The van der Waals surface area contributed by atoms with Crippen LogP contribution in [0.5, 0.6) is 0 Å². The summed E-state index contributed by atoms with van der Waals surface area (Å²) in [5, 5.41) is 3.13. The van der Waals surface area contributed by atoms with Crippen LogP contribution < -0.4 is 21.7 Å². The number of hydrogen-bond acceptors (Lipinski definition) is 7. The maximum atomic E-state index is 13.8. The second-order valence-corrected chi connectivity index (χ2v) is 11.3. The first-order chi connectivity index (χ1) is 22.3. The Kier molecular flexibility index (Phi) is 10.5. The average molecular weight is 627 g/mol. The molecule has 2 heterocycles. The van der Waals surface area contributed by atoms with Crippen molar-refractivity contribution in [2.45, 2.75) is 25.4 Å². The Bertz CT molecular complexity index is 1690. The first-order valence-electron chi connectivity index (χ1n) is 15.4. The summed E-state index contributed by atoms with van der Waals surface area (Å²) in [5.74, 6) is 0.363. The van der Waals surface area contributed by atoms with Crippen molar-refractivity contribution >= 4 is 40.2 Å². The minimum Gasteiger partial charge on any atom is -0.383 e. The third-order valence-electron chi connectivity index (χ3n) is 8.10. The van der Waals surface area contributed by atoms with E-state index in [4.69, 9.17) is 25.9 Å². The van der Waals surface area contributed by atoms with Gasteiger partial charge in [-0.1, -0.05) is 30.3 Å². The van der Waals surface area contributed by atoms with Gasteiger partial charge in [-0.15, -0.1) is 0 Å². The van der Waals surface area contributed by atoms with Gasteiger partial charge in [0.25, 0.3) is 5.91 Å². The first-order valence-corrected chi connectivity index (χ1v) is 15.4. The zero-order chi connectivity index (χ0) is 32.6. The Balaban J connectivity index is 1.57. The van der Waals surface area contributed by atoms with Gasteiger partial charge in [-0.25, -0.2) is 4.98 Å². The standard InChI is InChI=1S/C34H42N8O4/c1-40(22-23-8-5-4-6-9-23)25-12-13-27-26(21-25)31-38-28-20-24(33(44)41(16-18-45-2)17-19-46-3)11-14-29(28)42(31)30(32(43)39-27)10-7-15-37-34(35)36/h4-6,8-9,11-14,20-21,30H,7,10,15-19,22H2,1-3H3,(H,39,43)(H4,35,36,37). The molecule has 4 aromatic rings. The van der Waals surface area contributed by atoms with E-state index in [0.29, 0.717) is 74.8 Å². The van der Waals surface area contributed by atoms with Crippen LogP contribution in [-0.2, 0) is 20.8 Å². The molecule has 1 aliphatic rings. The Morgan fingerprint density at radius 1 is 1.02 bits per heavy atom. The van der Waals surface area contributed by atoms with Crippen molar-refractivity contribution in [2.24, 2.45) is 16.5 Å². The van der Waals surface area contributed by atoms with E-state index in [1.54, 1.807) is 31.3 Å². The second kappa shape index (κ2) is 14.9. The van der Waals surface area contributed by atoms with Gasteiger partial charge in [-0.2, -0.15) is 0 Å². The number of guanidine groups is 1. The van der Waals surface area contributed by atoms with Gasteiger partial charge < -0.3 is 40.6 Å². The highest BCUT2D eigenvalue weighted by molar-refractivity contribution is 6.03. The van der Waals surface area contributed by atoms with Crippen molar-refractivity contribution < 1.29 is 19.1 Å². The highest BCUT2D eigenvalue weighted by Crippen LogP contribution is 2.40. The summed E-state index contributed by atoms with van der Waals surface area (Å²) < 4.78 is 12.4. The number of imidazole rings is 1. The number of nitrogens with two attached hydrogens (primary N) is 2. The number of nitrogens with zero attached hydrogens (tertiary/aromatic N) is 5. The van der Waals surface area contributed by atoms with E-state index in [-0.39, 0.29) is 17.8 Å². The molecule has 5 N–H and O–H groups in total. The fourth-order valence-corrected chi connectivity index (χ4v) is 5.74. The van der Waals surface area contributed by atoms with Crippen molar-refractivity contribution in [3.8, 4) is 11.4 Å². The number of ether oxygens (including phenoxy) is 2. The molecule has 0 saturated carbocycles. The molecule has 1 atom stereocenters. The lowest BCUT2D eigenvalue weighted by atomic mass is 10.1. The molecular formula is C34H42N8O4. The number of rotatable bonds is 14. The van der Waals surface area contributed by atoms with E-state index >= 15 is 0 Å². The molecule has 1 aromatic heterocycles. The number of anilines is 2. The minimum absolute atomic E-state index is 0.0147. The molecule has 46 heavy (non-hydrogen) atoms. The summed E-state index contributed by atoms with van der Waals surface area (Å²) in [6, 6.07) is 21.1. The molecule has 0 radical (unpaired) electrons. The summed E-state index contributed by atoms with van der Waals surface area (Å²) in [4.78, 5) is 40.4. The van der Waals surface area contributed by atoms with Crippen LogP contribution in [0.4, 0.5) is 11.4 Å². The summed E-state index contributed by atoms with van der Waals surface area (Å²) in [6.45, 7) is 2.79. The van der Waals surface area contributed by atoms with Crippen LogP contribution in [0.15, 0.2) is 71.7 Å². The van der Waals surface area contributed by atoms with Crippen LogP contribution in [0.2, 0.25) is 0 Å². The summed E-state index contributed by atoms with van der Waals surface area (Å²) in [5.41, 5.74) is 16.6. The van der Waals surface area contributed by atoms with Crippen molar-refractivity contribution in [1.82, 2.24) is 14.5 Å². The Labute approximate surface area is 269 Å². The fourth-order valence-electron chi connectivity index (χ4n) is 5.74. The largest absolute Gasteiger partial charge is 0.383 e. The number of benzene rings is 3. The molecule has 12 nitrogen and oxygen atoms in total. The number of nitrogens with one attached hydrogen (secondary N) is 1. The van der Waals surface area contributed by atoms with E-state index in [1.165, 1.54) is 5.56 Å². The SMILES string of the molecule is COCCN(CCOC)C(=O)c1ccc2c(c1)nc1n2C(CCCN=C(N)N)C(=O)Nc2ccc(N(C)Cc3ccccc3)cc2-1. The van der Waals surface area contributed by atoms with Gasteiger partial charge in [0, 0.05) is 64.3 Å². The molecule has 242 valence electrons. The number of carbonyl (C=O) groups is 2. The maximum Gasteiger partial charge on any atom is 0.254 e. The number of hydrogen-bond donors (Lipinski definition) is 3. The van der Waals surface area contributed by atoms with Gasteiger partial charge in [0.15, 0.2) is 5.96 Å². The Hall–Kier alpha value is -4.94. The first kappa shape index (κ1) is 32.5. The molecule has 0 aliphatic carbocycles. The number of aliphatic imine (C=N–C) groups is 1. The molecule has 12 heteroatoms. The normalized spacial score (nSPS) is 13.8. The lowest BCUT2D eigenvalue weighted by Crippen LogP contribution is -2.36. The van der Waals surface area contributed by atoms with Crippen molar-refractivity contribution in [2.75, 3.05) is 64.3 Å². The van der Waals surface area contributed by atoms with Crippen LogP contribution in [0.25, 0.3) is 22.4 Å². The predicted molar refractivity (Wildman–Crippen MR) is 181 cm³/mol. The third kappa shape index (κ3) is 7.30. The van der Waals surface area contributed by atoms with Crippen LogP contribution >= 0.6 is 0 Å². The van der Waals surface area contributed by atoms with E-state index in [1.807, 2.05) is 48.0 Å². The van der Waals surface area contributed by atoms with Crippen molar-refractivity contribution in [3.05, 3.63) is 77.9 Å². The predicted octanol–water partition coefficient (Wildman–Crippen LogP) is 3.62. The van der Waals surface area contributed by atoms with Crippen LogP contribution in [0.1, 0.15) is 34.8 Å².